The number of carbonyl (C=O) groups is 2. The van der Waals surface area contributed by atoms with E-state index in [2.05, 4.69) is 15.4 Å². The van der Waals surface area contributed by atoms with Gasteiger partial charge < -0.3 is 15.1 Å². The van der Waals surface area contributed by atoms with Gasteiger partial charge in [0.05, 0.1) is 34.6 Å². The molecule has 9 heteroatoms. The van der Waals surface area contributed by atoms with E-state index in [0.29, 0.717) is 17.0 Å². The first-order valence-electron chi connectivity index (χ1n) is 11.1. The molecule has 1 heterocycles. The molecule has 0 aliphatic rings. The van der Waals surface area contributed by atoms with Crippen molar-refractivity contribution in [2.45, 2.75) is 25.3 Å². The summed E-state index contributed by atoms with van der Waals surface area (Å²) in [5, 5.41) is 5.53. The van der Waals surface area contributed by atoms with Gasteiger partial charge in [-0.2, -0.15) is 0 Å². The van der Waals surface area contributed by atoms with Crippen LogP contribution in [0, 0.1) is 13.8 Å². The quantitative estimate of drug-likeness (QED) is 0.317. The van der Waals surface area contributed by atoms with Gasteiger partial charge in [-0.25, -0.2) is 8.42 Å². The summed E-state index contributed by atoms with van der Waals surface area (Å²) in [6.07, 6.45) is 1.52. The predicted molar refractivity (Wildman–Crippen MR) is 137 cm³/mol. The summed E-state index contributed by atoms with van der Waals surface area (Å²) in [4.78, 5) is 26.0. The molecule has 0 aliphatic carbocycles. The van der Waals surface area contributed by atoms with E-state index in [1.54, 1.807) is 73.7 Å². The van der Waals surface area contributed by atoms with Crippen LogP contribution >= 0.6 is 0 Å². The van der Waals surface area contributed by atoms with Gasteiger partial charge in [0.1, 0.15) is 5.76 Å². The molecule has 0 spiro atoms. The zero-order chi connectivity index (χ0) is 25.7. The Bertz CT molecular complexity index is 1490. The fraction of sp³-hybridized carbons (Fsp3) is 0.111. The van der Waals surface area contributed by atoms with E-state index < -0.39 is 15.9 Å². The van der Waals surface area contributed by atoms with Crippen LogP contribution in [0.1, 0.15) is 37.6 Å². The van der Waals surface area contributed by atoms with Crippen LogP contribution in [0.15, 0.2) is 94.4 Å². The minimum absolute atomic E-state index is 0.122. The van der Waals surface area contributed by atoms with Crippen molar-refractivity contribution >= 4 is 33.2 Å². The third-order valence-corrected chi connectivity index (χ3v) is 6.96. The van der Waals surface area contributed by atoms with Crippen molar-refractivity contribution in [3.8, 4) is 0 Å². The van der Waals surface area contributed by atoms with Gasteiger partial charge in [-0.05, 0) is 67.9 Å². The number of benzene rings is 3. The van der Waals surface area contributed by atoms with Crippen LogP contribution in [0.3, 0.4) is 0 Å². The van der Waals surface area contributed by atoms with E-state index in [1.165, 1.54) is 18.4 Å². The van der Waals surface area contributed by atoms with Crippen molar-refractivity contribution in [3.05, 3.63) is 113 Å². The Morgan fingerprint density at radius 2 is 1.47 bits per heavy atom. The smallest absolute Gasteiger partial charge is 0.261 e. The van der Waals surface area contributed by atoms with Crippen LogP contribution in [0.2, 0.25) is 0 Å². The Morgan fingerprint density at radius 3 is 2.19 bits per heavy atom. The molecule has 0 atom stereocenters. The van der Waals surface area contributed by atoms with E-state index in [-0.39, 0.29) is 34.2 Å². The Kier molecular flexibility index (Phi) is 7.21. The molecule has 4 rings (SSSR count). The zero-order valence-corrected chi connectivity index (χ0v) is 20.6. The lowest BCUT2D eigenvalue weighted by Gasteiger charge is -2.15. The van der Waals surface area contributed by atoms with Gasteiger partial charge in [-0.15, -0.1) is 0 Å². The highest BCUT2D eigenvalue weighted by atomic mass is 32.2. The number of nitrogens with one attached hydrogen (secondary N) is 3. The van der Waals surface area contributed by atoms with E-state index in [1.807, 2.05) is 6.92 Å². The number of para-hydroxylation sites is 1. The number of anilines is 2. The van der Waals surface area contributed by atoms with Crippen molar-refractivity contribution < 1.29 is 22.4 Å². The molecule has 0 saturated carbocycles. The summed E-state index contributed by atoms with van der Waals surface area (Å²) in [6.45, 7) is 3.73. The normalized spacial score (nSPS) is 11.1. The highest BCUT2D eigenvalue weighted by molar-refractivity contribution is 7.92. The minimum Gasteiger partial charge on any atom is -0.467 e. The van der Waals surface area contributed by atoms with E-state index in [9.17, 15) is 18.0 Å². The van der Waals surface area contributed by atoms with Gasteiger partial charge in [0.25, 0.3) is 21.8 Å². The van der Waals surface area contributed by atoms with Crippen molar-refractivity contribution in [1.29, 1.82) is 0 Å². The number of carbonyl (C=O) groups excluding carboxylic acids is 2. The largest absolute Gasteiger partial charge is 0.467 e. The first-order chi connectivity index (χ1) is 17.2. The average Bonchev–Trinajstić information content (AvgIpc) is 3.38. The van der Waals surface area contributed by atoms with Crippen molar-refractivity contribution in [2.75, 3.05) is 10.0 Å². The fourth-order valence-electron chi connectivity index (χ4n) is 3.57. The molecule has 0 unspecified atom stereocenters. The minimum atomic E-state index is -3.84. The monoisotopic (exact) mass is 503 g/mol. The maximum absolute atomic E-state index is 13.1. The number of aryl methyl sites for hydroxylation is 1. The predicted octanol–water partition coefficient (Wildman–Crippen LogP) is 4.88. The maximum Gasteiger partial charge on any atom is 0.261 e. The highest BCUT2D eigenvalue weighted by Gasteiger charge is 2.19. The van der Waals surface area contributed by atoms with Crippen molar-refractivity contribution in [3.63, 3.8) is 0 Å². The highest BCUT2D eigenvalue weighted by Crippen LogP contribution is 2.24. The molecule has 2 amide bonds. The topological polar surface area (TPSA) is 118 Å². The van der Waals surface area contributed by atoms with Gasteiger partial charge in [0.2, 0.25) is 0 Å². The molecule has 0 fully saturated rings. The molecule has 4 aromatic rings. The maximum atomic E-state index is 13.1. The molecule has 184 valence electrons. The lowest BCUT2D eigenvalue weighted by molar-refractivity contribution is 0.0949. The molecule has 0 bridgehead atoms. The van der Waals surface area contributed by atoms with Crippen molar-refractivity contribution in [1.82, 2.24) is 5.32 Å². The zero-order valence-electron chi connectivity index (χ0n) is 19.7. The second-order valence-electron chi connectivity index (χ2n) is 8.16. The standard InChI is InChI=1S/C27H25N3O5S/c1-18-12-14-21(15-13-18)36(33,34)30-24-11-5-9-22(19(24)2)27(32)29-25-10-4-3-8-23(25)26(31)28-17-20-7-6-16-35-20/h3-16,30H,17H2,1-2H3,(H,28,31)(H,29,32). The summed E-state index contributed by atoms with van der Waals surface area (Å²) in [7, 11) is -3.84. The van der Waals surface area contributed by atoms with Gasteiger partial charge in [-0.3, -0.25) is 14.3 Å². The lowest BCUT2D eigenvalue weighted by Crippen LogP contribution is -2.25. The third kappa shape index (κ3) is 5.64. The summed E-state index contributed by atoms with van der Waals surface area (Å²) in [6, 6.07) is 21.4. The Morgan fingerprint density at radius 1 is 0.778 bits per heavy atom. The number of hydrogen-bond donors (Lipinski definition) is 3. The van der Waals surface area contributed by atoms with Crippen LogP contribution in [0.25, 0.3) is 0 Å². The van der Waals surface area contributed by atoms with Crippen molar-refractivity contribution in [2.24, 2.45) is 0 Å². The number of amides is 2. The average molecular weight is 504 g/mol. The number of sulfonamides is 1. The van der Waals surface area contributed by atoms with Gasteiger partial charge in [0.15, 0.2) is 0 Å². The number of hydrogen-bond acceptors (Lipinski definition) is 5. The summed E-state index contributed by atoms with van der Waals surface area (Å²) in [5.74, 6) is -0.251. The molecule has 3 aromatic carbocycles. The van der Waals surface area contributed by atoms with E-state index in [4.69, 9.17) is 4.42 Å². The second-order valence-corrected chi connectivity index (χ2v) is 9.84. The summed E-state index contributed by atoms with van der Waals surface area (Å²) in [5.41, 5.74) is 2.55. The number of rotatable bonds is 8. The van der Waals surface area contributed by atoms with Crippen LogP contribution < -0.4 is 15.4 Å². The first kappa shape index (κ1) is 24.7. The molecule has 0 aliphatic heterocycles. The summed E-state index contributed by atoms with van der Waals surface area (Å²) >= 11 is 0. The Hall–Kier alpha value is -4.37. The first-order valence-corrected chi connectivity index (χ1v) is 12.6. The molecular formula is C27H25N3O5S. The van der Waals surface area contributed by atoms with Gasteiger partial charge in [0, 0.05) is 5.56 Å². The molecular weight excluding hydrogens is 478 g/mol. The number of furan rings is 1. The summed E-state index contributed by atoms with van der Waals surface area (Å²) < 4.78 is 33.5. The van der Waals surface area contributed by atoms with E-state index in [0.717, 1.165) is 5.56 Å². The molecule has 3 N–H and O–H groups in total. The SMILES string of the molecule is Cc1ccc(S(=O)(=O)Nc2cccc(C(=O)Nc3ccccc3C(=O)NCc3ccco3)c2C)cc1. The van der Waals surface area contributed by atoms with Crippen LogP contribution in [0.5, 0.6) is 0 Å². The van der Waals surface area contributed by atoms with Gasteiger partial charge in [-0.1, -0.05) is 35.9 Å². The molecule has 1 aromatic heterocycles. The second kappa shape index (κ2) is 10.5. The third-order valence-electron chi connectivity index (χ3n) is 5.58. The lowest BCUT2D eigenvalue weighted by atomic mass is 10.1. The van der Waals surface area contributed by atoms with Crippen LogP contribution in [0.4, 0.5) is 11.4 Å². The van der Waals surface area contributed by atoms with Crippen LogP contribution in [-0.2, 0) is 16.6 Å². The van der Waals surface area contributed by atoms with Gasteiger partial charge >= 0.3 is 0 Å². The molecule has 8 nitrogen and oxygen atoms in total. The fourth-order valence-corrected chi connectivity index (χ4v) is 4.69. The molecule has 0 radical (unpaired) electrons. The van der Waals surface area contributed by atoms with E-state index >= 15 is 0 Å². The Balaban J connectivity index is 1.52. The van der Waals surface area contributed by atoms with Crippen LogP contribution in [-0.4, -0.2) is 20.2 Å². The molecule has 36 heavy (non-hydrogen) atoms. The Labute approximate surface area is 209 Å². The molecule has 0 saturated heterocycles.